The van der Waals surface area contributed by atoms with Gasteiger partial charge < -0.3 is 10.5 Å². The third kappa shape index (κ3) is 2.60. The molecule has 1 unspecified atom stereocenters. The van der Waals surface area contributed by atoms with Crippen LogP contribution in [-0.2, 0) is 0 Å². The molecule has 2 N–H and O–H groups in total. The van der Waals surface area contributed by atoms with E-state index >= 15 is 0 Å². The highest BCUT2D eigenvalue weighted by molar-refractivity contribution is 9.10. The average molecular weight is 324 g/mol. The lowest BCUT2D eigenvalue weighted by Crippen LogP contribution is -2.11. The standard InChI is InChI=1S/C14H14BrNOS/c15-12-6-7-18-14(12)13(16)9-2-1-3-11(8-9)17-10-4-5-10/h1-3,6-8,10,13H,4-5,16H2. The molecule has 1 aromatic heterocycles. The number of hydrogen-bond acceptors (Lipinski definition) is 3. The van der Waals surface area contributed by atoms with Crippen LogP contribution >= 0.6 is 27.3 Å². The lowest BCUT2D eigenvalue weighted by Gasteiger charge is -2.13. The zero-order valence-corrected chi connectivity index (χ0v) is 12.2. The molecule has 1 atom stereocenters. The number of rotatable bonds is 4. The SMILES string of the molecule is NC(c1cccc(OC2CC2)c1)c1sccc1Br. The van der Waals surface area contributed by atoms with Crippen molar-refractivity contribution < 1.29 is 4.74 Å². The van der Waals surface area contributed by atoms with E-state index in [2.05, 4.69) is 28.1 Å². The van der Waals surface area contributed by atoms with Gasteiger partial charge >= 0.3 is 0 Å². The van der Waals surface area contributed by atoms with Crippen LogP contribution in [0.4, 0.5) is 0 Å². The Kier molecular flexibility index (Phi) is 3.41. The minimum atomic E-state index is -0.0953. The number of hydrogen-bond donors (Lipinski definition) is 1. The molecule has 0 bridgehead atoms. The van der Waals surface area contributed by atoms with Crippen LogP contribution in [0, 0.1) is 0 Å². The Balaban J connectivity index is 1.84. The molecule has 1 aromatic carbocycles. The molecule has 0 saturated heterocycles. The van der Waals surface area contributed by atoms with Gasteiger partial charge in [-0.25, -0.2) is 0 Å². The van der Waals surface area contributed by atoms with Crippen molar-refractivity contribution in [1.29, 1.82) is 0 Å². The van der Waals surface area contributed by atoms with E-state index in [1.54, 1.807) is 11.3 Å². The number of thiophene rings is 1. The van der Waals surface area contributed by atoms with E-state index in [-0.39, 0.29) is 6.04 Å². The molecule has 94 valence electrons. The highest BCUT2D eigenvalue weighted by Gasteiger charge is 2.23. The molecule has 0 radical (unpaired) electrons. The van der Waals surface area contributed by atoms with Gasteiger partial charge in [-0.05, 0) is 57.9 Å². The Morgan fingerprint density at radius 3 is 2.83 bits per heavy atom. The van der Waals surface area contributed by atoms with Gasteiger partial charge in [0.25, 0.3) is 0 Å². The molecular weight excluding hydrogens is 310 g/mol. The second kappa shape index (κ2) is 5.03. The van der Waals surface area contributed by atoms with E-state index < -0.39 is 0 Å². The molecule has 0 amide bonds. The minimum Gasteiger partial charge on any atom is -0.490 e. The van der Waals surface area contributed by atoms with Gasteiger partial charge in [0.1, 0.15) is 5.75 Å². The highest BCUT2D eigenvalue weighted by Crippen LogP contribution is 2.33. The van der Waals surface area contributed by atoms with Gasteiger partial charge in [-0.3, -0.25) is 0 Å². The second-order valence-electron chi connectivity index (χ2n) is 4.50. The van der Waals surface area contributed by atoms with Crippen molar-refractivity contribution in [3.8, 4) is 5.75 Å². The van der Waals surface area contributed by atoms with E-state index in [0.717, 1.165) is 20.7 Å². The predicted octanol–water partition coefficient (Wildman–Crippen LogP) is 4.10. The normalized spacial score (nSPS) is 16.6. The summed E-state index contributed by atoms with van der Waals surface area (Å²) in [6.07, 6.45) is 2.77. The Morgan fingerprint density at radius 2 is 2.17 bits per heavy atom. The van der Waals surface area contributed by atoms with Crippen LogP contribution in [0.15, 0.2) is 40.2 Å². The van der Waals surface area contributed by atoms with E-state index in [4.69, 9.17) is 10.5 Å². The number of halogens is 1. The molecule has 1 aliphatic carbocycles. The van der Waals surface area contributed by atoms with Crippen LogP contribution in [0.2, 0.25) is 0 Å². The monoisotopic (exact) mass is 323 g/mol. The van der Waals surface area contributed by atoms with E-state index in [0.29, 0.717) is 6.10 Å². The van der Waals surface area contributed by atoms with E-state index in [1.807, 2.05) is 23.6 Å². The van der Waals surface area contributed by atoms with Crippen molar-refractivity contribution in [2.45, 2.75) is 25.0 Å². The maximum absolute atomic E-state index is 6.30. The maximum atomic E-state index is 6.30. The molecule has 2 aromatic rings. The summed E-state index contributed by atoms with van der Waals surface area (Å²) in [7, 11) is 0. The zero-order valence-electron chi connectivity index (χ0n) is 9.80. The largest absolute Gasteiger partial charge is 0.490 e. The van der Waals surface area contributed by atoms with Gasteiger partial charge in [-0.1, -0.05) is 12.1 Å². The van der Waals surface area contributed by atoms with Crippen LogP contribution < -0.4 is 10.5 Å². The van der Waals surface area contributed by atoms with Gasteiger partial charge in [-0.2, -0.15) is 0 Å². The van der Waals surface area contributed by atoms with Gasteiger partial charge in [0, 0.05) is 9.35 Å². The summed E-state index contributed by atoms with van der Waals surface area (Å²) < 4.78 is 6.88. The fourth-order valence-corrected chi connectivity index (χ4v) is 3.49. The smallest absolute Gasteiger partial charge is 0.120 e. The minimum absolute atomic E-state index is 0.0953. The second-order valence-corrected chi connectivity index (χ2v) is 6.30. The van der Waals surface area contributed by atoms with Gasteiger partial charge in [0.2, 0.25) is 0 Å². The topological polar surface area (TPSA) is 35.2 Å². The van der Waals surface area contributed by atoms with Crippen molar-refractivity contribution in [1.82, 2.24) is 0 Å². The van der Waals surface area contributed by atoms with Crippen LogP contribution in [-0.4, -0.2) is 6.10 Å². The van der Waals surface area contributed by atoms with Crippen molar-refractivity contribution >= 4 is 27.3 Å². The number of nitrogens with two attached hydrogens (primary N) is 1. The zero-order chi connectivity index (χ0) is 12.5. The highest BCUT2D eigenvalue weighted by atomic mass is 79.9. The summed E-state index contributed by atoms with van der Waals surface area (Å²) in [6, 6.07) is 10.0. The average Bonchev–Trinajstić information content (AvgIpc) is 3.08. The first kappa shape index (κ1) is 12.2. The lowest BCUT2D eigenvalue weighted by atomic mass is 10.1. The molecular formula is C14H14BrNOS. The molecule has 1 heterocycles. The summed E-state index contributed by atoms with van der Waals surface area (Å²) in [5, 5.41) is 2.05. The van der Waals surface area contributed by atoms with Crippen LogP contribution in [0.1, 0.15) is 29.3 Å². The summed E-state index contributed by atoms with van der Waals surface area (Å²) in [5.74, 6) is 0.929. The van der Waals surface area contributed by atoms with Crippen molar-refractivity contribution in [3.05, 3.63) is 50.6 Å². The molecule has 18 heavy (non-hydrogen) atoms. The Bertz CT molecular complexity index is 550. The Morgan fingerprint density at radius 1 is 1.33 bits per heavy atom. The summed E-state index contributed by atoms with van der Waals surface area (Å²) >= 11 is 5.20. The fraction of sp³-hybridized carbons (Fsp3) is 0.286. The first-order chi connectivity index (χ1) is 8.74. The predicted molar refractivity (Wildman–Crippen MR) is 78.1 cm³/mol. The molecule has 3 rings (SSSR count). The first-order valence-corrected chi connectivity index (χ1v) is 7.66. The molecule has 1 aliphatic rings. The summed E-state index contributed by atoms with van der Waals surface area (Å²) in [4.78, 5) is 1.15. The fourth-order valence-electron chi connectivity index (χ4n) is 1.84. The molecule has 1 fully saturated rings. The van der Waals surface area contributed by atoms with Crippen molar-refractivity contribution in [2.24, 2.45) is 5.73 Å². The lowest BCUT2D eigenvalue weighted by molar-refractivity contribution is 0.303. The van der Waals surface area contributed by atoms with Gasteiger partial charge in [0.15, 0.2) is 0 Å². The first-order valence-electron chi connectivity index (χ1n) is 5.99. The molecule has 1 saturated carbocycles. The van der Waals surface area contributed by atoms with Crippen LogP contribution in [0.25, 0.3) is 0 Å². The van der Waals surface area contributed by atoms with Crippen LogP contribution in [0.5, 0.6) is 5.75 Å². The molecule has 4 heteroatoms. The molecule has 2 nitrogen and oxygen atoms in total. The van der Waals surface area contributed by atoms with Crippen molar-refractivity contribution in [2.75, 3.05) is 0 Å². The Labute approximate surface area is 119 Å². The third-order valence-corrected chi connectivity index (χ3v) is 4.93. The summed E-state index contributed by atoms with van der Waals surface area (Å²) in [5.41, 5.74) is 7.40. The van der Waals surface area contributed by atoms with E-state index in [9.17, 15) is 0 Å². The number of ether oxygens (including phenoxy) is 1. The van der Waals surface area contributed by atoms with Crippen LogP contribution in [0.3, 0.4) is 0 Å². The maximum Gasteiger partial charge on any atom is 0.120 e. The van der Waals surface area contributed by atoms with E-state index in [1.165, 1.54) is 12.8 Å². The molecule has 0 aliphatic heterocycles. The van der Waals surface area contributed by atoms with Gasteiger partial charge in [-0.15, -0.1) is 11.3 Å². The third-order valence-electron chi connectivity index (χ3n) is 2.97. The quantitative estimate of drug-likeness (QED) is 0.919. The van der Waals surface area contributed by atoms with Crippen molar-refractivity contribution in [3.63, 3.8) is 0 Å². The molecule has 0 spiro atoms. The van der Waals surface area contributed by atoms with Gasteiger partial charge in [0.05, 0.1) is 12.1 Å². The summed E-state index contributed by atoms with van der Waals surface area (Å²) in [6.45, 7) is 0. The Hall–Kier alpha value is -0.840. The number of benzene rings is 1.